The molecule has 2 heteroatoms. The Bertz CT molecular complexity index is 864. The van der Waals surface area contributed by atoms with Crippen LogP contribution < -0.4 is 0 Å². The summed E-state index contributed by atoms with van der Waals surface area (Å²) in [5.74, 6) is 0.987. The quantitative estimate of drug-likeness (QED) is 0.563. The zero-order valence-electron chi connectivity index (χ0n) is 13.9. The topological polar surface area (TPSA) is 3.24 Å². The van der Waals surface area contributed by atoms with Crippen molar-refractivity contribution in [1.82, 2.24) is 4.90 Å². The van der Waals surface area contributed by atoms with Crippen LogP contribution in [0.2, 0.25) is 0 Å². The van der Waals surface area contributed by atoms with Crippen LogP contribution in [-0.4, -0.2) is 24.0 Å². The molecule has 0 radical (unpaired) electrons. The molecule has 0 amide bonds. The van der Waals surface area contributed by atoms with E-state index in [1.54, 1.807) is 0 Å². The van der Waals surface area contributed by atoms with Gasteiger partial charge in [0.25, 0.3) is 0 Å². The summed E-state index contributed by atoms with van der Waals surface area (Å²) in [4.78, 5) is 2.74. The van der Waals surface area contributed by atoms with E-state index in [1.165, 1.54) is 65.9 Å². The summed E-state index contributed by atoms with van der Waals surface area (Å²) in [5.41, 5.74) is 1.53. The Morgan fingerprint density at radius 1 is 0.833 bits per heavy atom. The highest BCUT2D eigenvalue weighted by Crippen LogP contribution is 2.35. The molecule has 24 heavy (non-hydrogen) atoms. The molecule has 1 unspecified atom stereocenters. The third-order valence-electron chi connectivity index (χ3n) is 6.06. The number of halogens is 1. The second-order valence-corrected chi connectivity index (χ2v) is 7.41. The highest BCUT2D eigenvalue weighted by atomic mass is 35.5. The molecule has 3 aliphatic rings. The molecule has 124 valence electrons. The van der Waals surface area contributed by atoms with E-state index in [1.807, 2.05) is 0 Å². The number of piperidine rings is 3. The number of hydrogen-bond acceptors (Lipinski definition) is 1. The normalized spacial score (nSPS) is 25.8. The van der Waals surface area contributed by atoms with Crippen LogP contribution in [0.3, 0.4) is 0 Å². The van der Waals surface area contributed by atoms with E-state index in [-0.39, 0.29) is 12.4 Å². The maximum atomic E-state index is 2.74. The van der Waals surface area contributed by atoms with Gasteiger partial charge in [0.1, 0.15) is 0 Å². The van der Waals surface area contributed by atoms with Gasteiger partial charge in [-0.05, 0) is 83.9 Å². The molecule has 3 heterocycles. The number of rotatable bonds is 2. The molecule has 3 aromatic carbocycles. The predicted molar refractivity (Wildman–Crippen MR) is 105 cm³/mol. The standard InChI is InChI=1S/C22H23N.ClH/c1-2-5-18-15-22-19(13-17(18)4-1)6-3-7-20(22)14-21-12-16-8-10-23(21)11-9-16;/h1-7,13,15-16,21H,8-12,14H2;1H. The van der Waals surface area contributed by atoms with Crippen molar-refractivity contribution in [1.29, 1.82) is 0 Å². The number of nitrogens with zero attached hydrogens (tertiary/aromatic N) is 1. The van der Waals surface area contributed by atoms with Crippen LogP contribution in [0.5, 0.6) is 0 Å². The van der Waals surface area contributed by atoms with Gasteiger partial charge in [0.05, 0.1) is 0 Å². The number of fused-ring (bicyclic) bond motifs is 5. The first-order valence-electron chi connectivity index (χ1n) is 9.01. The first-order chi connectivity index (χ1) is 11.4. The maximum Gasteiger partial charge on any atom is 0.0138 e. The minimum Gasteiger partial charge on any atom is -0.300 e. The van der Waals surface area contributed by atoms with Crippen molar-refractivity contribution in [2.75, 3.05) is 13.1 Å². The fraction of sp³-hybridized carbons (Fsp3) is 0.364. The van der Waals surface area contributed by atoms with Crippen molar-refractivity contribution in [3.05, 3.63) is 60.2 Å². The summed E-state index contributed by atoms with van der Waals surface area (Å²) in [5, 5.41) is 5.54. The van der Waals surface area contributed by atoms with Gasteiger partial charge in [-0.3, -0.25) is 0 Å². The minimum absolute atomic E-state index is 0. The van der Waals surface area contributed by atoms with Gasteiger partial charge in [-0.25, -0.2) is 0 Å². The van der Waals surface area contributed by atoms with E-state index in [2.05, 4.69) is 59.5 Å². The Labute approximate surface area is 150 Å². The smallest absolute Gasteiger partial charge is 0.0138 e. The largest absolute Gasteiger partial charge is 0.300 e. The van der Waals surface area contributed by atoms with Gasteiger partial charge in [-0.2, -0.15) is 0 Å². The van der Waals surface area contributed by atoms with Crippen LogP contribution in [0, 0.1) is 5.92 Å². The second-order valence-electron chi connectivity index (χ2n) is 7.41. The predicted octanol–water partition coefficient (Wildman–Crippen LogP) is 5.44. The molecule has 0 aromatic heterocycles. The summed E-state index contributed by atoms with van der Waals surface area (Å²) >= 11 is 0. The molecule has 2 bridgehead atoms. The van der Waals surface area contributed by atoms with E-state index in [0.29, 0.717) is 0 Å². The summed E-state index contributed by atoms with van der Waals surface area (Å²) < 4.78 is 0. The van der Waals surface area contributed by atoms with Crippen LogP contribution in [0.15, 0.2) is 54.6 Å². The third kappa shape index (κ3) is 2.70. The van der Waals surface area contributed by atoms with Gasteiger partial charge in [0, 0.05) is 6.04 Å². The average molecular weight is 338 g/mol. The Kier molecular flexibility index (Phi) is 4.24. The molecule has 1 nitrogen and oxygen atoms in total. The van der Waals surface area contributed by atoms with Gasteiger partial charge in [0.2, 0.25) is 0 Å². The molecule has 0 spiro atoms. The SMILES string of the molecule is Cl.c1ccc2cc3c(CC4CC5CCN4CC5)cccc3cc2c1. The number of benzene rings is 3. The van der Waals surface area contributed by atoms with Crippen LogP contribution in [0.1, 0.15) is 24.8 Å². The molecular formula is C22H24ClN. The molecular weight excluding hydrogens is 314 g/mol. The lowest BCUT2D eigenvalue weighted by atomic mass is 9.80. The summed E-state index contributed by atoms with van der Waals surface area (Å²) in [6, 6.07) is 21.1. The van der Waals surface area contributed by atoms with Crippen molar-refractivity contribution < 1.29 is 0 Å². The Morgan fingerprint density at radius 2 is 1.54 bits per heavy atom. The monoisotopic (exact) mass is 337 g/mol. The summed E-state index contributed by atoms with van der Waals surface area (Å²) in [6.45, 7) is 2.64. The average Bonchev–Trinajstić information content (AvgIpc) is 2.61. The third-order valence-corrected chi connectivity index (χ3v) is 6.06. The Morgan fingerprint density at radius 3 is 2.25 bits per heavy atom. The molecule has 3 aromatic rings. The molecule has 6 rings (SSSR count). The van der Waals surface area contributed by atoms with Gasteiger partial charge in [0.15, 0.2) is 0 Å². The van der Waals surface area contributed by atoms with Crippen LogP contribution in [0.25, 0.3) is 21.5 Å². The van der Waals surface area contributed by atoms with Gasteiger partial charge in [-0.1, -0.05) is 42.5 Å². The number of hydrogen-bond donors (Lipinski definition) is 0. The van der Waals surface area contributed by atoms with Crippen LogP contribution in [0.4, 0.5) is 0 Å². The van der Waals surface area contributed by atoms with Crippen molar-refractivity contribution in [3.8, 4) is 0 Å². The molecule has 0 N–H and O–H groups in total. The first kappa shape index (κ1) is 15.9. The lowest BCUT2D eigenvalue weighted by molar-refractivity contribution is 0.0500. The van der Waals surface area contributed by atoms with E-state index >= 15 is 0 Å². The van der Waals surface area contributed by atoms with Crippen molar-refractivity contribution in [2.45, 2.75) is 31.7 Å². The summed E-state index contributed by atoms with van der Waals surface area (Å²) in [7, 11) is 0. The lowest BCUT2D eigenvalue weighted by Crippen LogP contribution is -2.49. The fourth-order valence-corrected chi connectivity index (χ4v) is 4.76. The molecule has 3 saturated heterocycles. The highest BCUT2D eigenvalue weighted by molar-refractivity contribution is 5.99. The highest BCUT2D eigenvalue weighted by Gasteiger charge is 2.33. The van der Waals surface area contributed by atoms with Gasteiger partial charge in [-0.15, -0.1) is 12.4 Å². The fourth-order valence-electron chi connectivity index (χ4n) is 4.76. The first-order valence-corrected chi connectivity index (χ1v) is 9.01. The second kappa shape index (κ2) is 6.38. The zero-order chi connectivity index (χ0) is 15.2. The molecule has 3 fully saturated rings. The van der Waals surface area contributed by atoms with E-state index in [9.17, 15) is 0 Å². The van der Waals surface area contributed by atoms with Crippen LogP contribution >= 0.6 is 12.4 Å². The molecule has 0 saturated carbocycles. The maximum absolute atomic E-state index is 2.74. The van der Waals surface area contributed by atoms with Crippen molar-refractivity contribution in [3.63, 3.8) is 0 Å². The molecule has 0 aliphatic carbocycles. The van der Waals surface area contributed by atoms with Crippen molar-refractivity contribution in [2.24, 2.45) is 5.92 Å². The van der Waals surface area contributed by atoms with Gasteiger partial charge >= 0.3 is 0 Å². The van der Waals surface area contributed by atoms with E-state index in [4.69, 9.17) is 0 Å². The molecule has 3 aliphatic heterocycles. The van der Waals surface area contributed by atoms with E-state index < -0.39 is 0 Å². The zero-order valence-corrected chi connectivity index (χ0v) is 14.8. The van der Waals surface area contributed by atoms with Crippen molar-refractivity contribution >= 4 is 34.0 Å². The molecule has 1 atom stereocenters. The van der Waals surface area contributed by atoms with E-state index in [0.717, 1.165) is 12.0 Å². The lowest BCUT2D eigenvalue weighted by Gasteiger charge is -2.45. The van der Waals surface area contributed by atoms with Gasteiger partial charge < -0.3 is 4.90 Å². The van der Waals surface area contributed by atoms with Crippen LogP contribution in [-0.2, 0) is 6.42 Å². The Balaban J connectivity index is 0.00000146. The minimum atomic E-state index is 0. The summed E-state index contributed by atoms with van der Waals surface area (Å²) in [6.07, 6.45) is 5.48. The Hall–Kier alpha value is -1.57.